The minimum absolute atomic E-state index is 0.0425. The Hall–Kier alpha value is -3.18. The van der Waals surface area contributed by atoms with Gasteiger partial charge in [0.2, 0.25) is 0 Å². The molecule has 9 nitrogen and oxygen atoms in total. The van der Waals surface area contributed by atoms with E-state index in [1.165, 1.54) is 30.3 Å². The van der Waals surface area contributed by atoms with Crippen molar-refractivity contribution in [3.63, 3.8) is 0 Å². The first-order chi connectivity index (χ1) is 18.6. The molecule has 1 amide bonds. The molecule has 208 valence electrons. The van der Waals surface area contributed by atoms with Crippen molar-refractivity contribution in [1.82, 2.24) is 14.8 Å². The molecule has 1 aliphatic heterocycles. The van der Waals surface area contributed by atoms with Gasteiger partial charge in [0.15, 0.2) is 0 Å². The lowest BCUT2D eigenvalue weighted by Gasteiger charge is -2.38. The Morgan fingerprint density at radius 2 is 1.87 bits per heavy atom. The molecule has 3 atom stereocenters. The first-order valence-electron chi connectivity index (χ1n) is 12.7. The molecular formula is C28H33ClN4O5S. The second kappa shape index (κ2) is 12.3. The molecule has 3 aromatic rings. The van der Waals surface area contributed by atoms with Crippen molar-refractivity contribution in [2.24, 2.45) is 5.92 Å². The average Bonchev–Trinajstić information content (AvgIpc) is 2.91. The second-order valence-corrected chi connectivity index (χ2v) is 12.1. The van der Waals surface area contributed by atoms with Gasteiger partial charge in [-0.2, -0.15) is 0 Å². The van der Waals surface area contributed by atoms with E-state index in [0.29, 0.717) is 30.4 Å². The molecule has 0 radical (unpaired) electrons. The van der Waals surface area contributed by atoms with E-state index in [0.717, 1.165) is 5.56 Å². The Kier molecular flexibility index (Phi) is 9.12. The van der Waals surface area contributed by atoms with Gasteiger partial charge in [-0.25, -0.2) is 8.42 Å². The first kappa shape index (κ1) is 28.8. The van der Waals surface area contributed by atoms with Crippen molar-refractivity contribution in [1.29, 1.82) is 0 Å². The summed E-state index contributed by atoms with van der Waals surface area (Å²) in [5.74, 6) is -0.0213. The zero-order valence-corrected chi connectivity index (χ0v) is 23.7. The van der Waals surface area contributed by atoms with E-state index in [2.05, 4.69) is 14.6 Å². The molecule has 4 rings (SSSR count). The first-order valence-corrected chi connectivity index (χ1v) is 14.5. The zero-order valence-electron chi connectivity index (χ0n) is 22.1. The topological polar surface area (TPSA) is 112 Å². The number of pyridine rings is 1. The SMILES string of the molecule is C[C@@H]1CN([C@@H](C)CO)C(=O)c2cc(NS(=O)(=O)c3ccc(Cl)cc3)ccc2O[C@H]1CN(C)Cc1ccncc1. The fourth-order valence-corrected chi connectivity index (χ4v) is 5.68. The van der Waals surface area contributed by atoms with Crippen molar-refractivity contribution >= 4 is 33.2 Å². The highest BCUT2D eigenvalue weighted by Crippen LogP contribution is 2.31. The smallest absolute Gasteiger partial charge is 0.261 e. The van der Waals surface area contributed by atoms with Crippen LogP contribution in [0.2, 0.25) is 5.02 Å². The third-order valence-electron chi connectivity index (χ3n) is 6.73. The van der Waals surface area contributed by atoms with E-state index in [1.807, 2.05) is 26.1 Å². The number of aromatic nitrogens is 1. The van der Waals surface area contributed by atoms with Crippen LogP contribution in [0.3, 0.4) is 0 Å². The summed E-state index contributed by atoms with van der Waals surface area (Å²) in [5, 5.41) is 10.3. The normalized spacial score (nSPS) is 18.6. The molecule has 11 heteroatoms. The lowest BCUT2D eigenvalue weighted by atomic mass is 9.99. The predicted octanol–water partition coefficient (Wildman–Crippen LogP) is 3.89. The molecule has 1 aliphatic rings. The zero-order chi connectivity index (χ0) is 28.2. The van der Waals surface area contributed by atoms with E-state index in [-0.39, 0.29) is 40.7 Å². The van der Waals surface area contributed by atoms with Crippen LogP contribution in [-0.4, -0.2) is 73.1 Å². The van der Waals surface area contributed by atoms with Crippen LogP contribution < -0.4 is 9.46 Å². The van der Waals surface area contributed by atoms with Crippen molar-refractivity contribution in [3.05, 3.63) is 83.1 Å². The fourth-order valence-electron chi connectivity index (χ4n) is 4.50. The number of aliphatic hydroxyl groups is 1. The summed E-state index contributed by atoms with van der Waals surface area (Å²) < 4.78 is 34.8. The Morgan fingerprint density at radius 3 is 2.54 bits per heavy atom. The maximum absolute atomic E-state index is 13.7. The molecule has 2 heterocycles. The number of hydrogen-bond acceptors (Lipinski definition) is 7. The maximum Gasteiger partial charge on any atom is 0.261 e. The lowest BCUT2D eigenvalue weighted by molar-refractivity contribution is 0.0341. The number of carbonyl (C=O) groups is 1. The highest BCUT2D eigenvalue weighted by atomic mass is 35.5. The van der Waals surface area contributed by atoms with Crippen LogP contribution in [0.15, 0.2) is 71.9 Å². The molecule has 1 aromatic heterocycles. The summed E-state index contributed by atoms with van der Waals surface area (Å²) in [7, 11) is -1.91. The molecule has 0 spiro atoms. The average molecular weight is 573 g/mol. The third kappa shape index (κ3) is 7.07. The quantitative estimate of drug-likeness (QED) is 0.400. The van der Waals surface area contributed by atoms with Crippen molar-refractivity contribution < 1.29 is 23.1 Å². The molecule has 0 aliphatic carbocycles. The number of nitrogens with zero attached hydrogens (tertiary/aromatic N) is 3. The summed E-state index contributed by atoms with van der Waals surface area (Å²) in [4.78, 5) is 21.5. The van der Waals surface area contributed by atoms with E-state index in [4.69, 9.17) is 16.3 Å². The van der Waals surface area contributed by atoms with Crippen LogP contribution in [0.5, 0.6) is 5.75 Å². The third-order valence-corrected chi connectivity index (χ3v) is 8.38. The minimum Gasteiger partial charge on any atom is -0.488 e. The number of rotatable bonds is 9. The van der Waals surface area contributed by atoms with E-state index in [1.54, 1.807) is 36.4 Å². The summed E-state index contributed by atoms with van der Waals surface area (Å²) in [6.07, 6.45) is 3.24. The van der Waals surface area contributed by atoms with Gasteiger partial charge < -0.3 is 14.7 Å². The van der Waals surface area contributed by atoms with Crippen molar-refractivity contribution in [2.75, 3.05) is 31.5 Å². The molecule has 39 heavy (non-hydrogen) atoms. The Bertz CT molecular complexity index is 1390. The minimum atomic E-state index is -3.92. The number of sulfonamides is 1. The Balaban J connectivity index is 1.63. The monoisotopic (exact) mass is 572 g/mol. The summed E-state index contributed by atoms with van der Waals surface area (Å²) >= 11 is 5.90. The van der Waals surface area contributed by atoms with Gasteiger partial charge in [0.25, 0.3) is 15.9 Å². The maximum atomic E-state index is 13.7. The van der Waals surface area contributed by atoms with Crippen LogP contribution in [0.25, 0.3) is 0 Å². The Labute approximate surface area is 234 Å². The molecule has 0 fully saturated rings. The van der Waals surface area contributed by atoms with Gasteiger partial charge in [0.1, 0.15) is 11.9 Å². The van der Waals surface area contributed by atoms with Crippen LogP contribution in [0.1, 0.15) is 29.8 Å². The largest absolute Gasteiger partial charge is 0.488 e. The van der Waals surface area contributed by atoms with Crippen LogP contribution in [0, 0.1) is 5.92 Å². The van der Waals surface area contributed by atoms with E-state index in [9.17, 15) is 18.3 Å². The Morgan fingerprint density at radius 1 is 1.18 bits per heavy atom. The number of hydrogen-bond donors (Lipinski definition) is 2. The molecule has 2 N–H and O–H groups in total. The molecule has 0 saturated heterocycles. The van der Waals surface area contributed by atoms with Crippen LogP contribution in [0.4, 0.5) is 5.69 Å². The number of halogens is 1. The number of aliphatic hydroxyl groups excluding tert-OH is 1. The van der Waals surface area contributed by atoms with Gasteiger partial charge in [-0.05, 0) is 74.1 Å². The van der Waals surface area contributed by atoms with Crippen molar-refractivity contribution in [2.45, 2.75) is 37.4 Å². The highest BCUT2D eigenvalue weighted by Gasteiger charge is 2.33. The van der Waals surface area contributed by atoms with Crippen LogP contribution >= 0.6 is 11.6 Å². The standard InChI is InChI=1S/C28H33ClN4O5S/c1-19-15-33(20(2)18-34)28(35)25-14-23(31-39(36,37)24-7-4-22(29)5-8-24)6-9-26(25)38-27(19)17-32(3)16-21-10-12-30-13-11-21/h4-14,19-20,27,31,34H,15-18H2,1-3H3/t19-,20+,27+/m1/s1. The van der Waals surface area contributed by atoms with Gasteiger partial charge in [-0.3, -0.25) is 19.4 Å². The van der Waals surface area contributed by atoms with Gasteiger partial charge in [-0.1, -0.05) is 18.5 Å². The number of likely N-dealkylation sites (N-methyl/N-ethyl adjacent to an activating group) is 1. The van der Waals surface area contributed by atoms with Gasteiger partial charge in [0.05, 0.1) is 23.1 Å². The van der Waals surface area contributed by atoms with Gasteiger partial charge in [-0.15, -0.1) is 0 Å². The number of amides is 1. The van der Waals surface area contributed by atoms with E-state index >= 15 is 0 Å². The number of fused-ring (bicyclic) bond motifs is 1. The summed E-state index contributed by atoms with van der Waals surface area (Å²) in [6, 6.07) is 14.0. The van der Waals surface area contributed by atoms with E-state index < -0.39 is 16.1 Å². The number of ether oxygens (including phenoxy) is 1. The molecule has 0 saturated carbocycles. The summed E-state index contributed by atoms with van der Waals surface area (Å²) in [6.45, 7) is 5.25. The number of anilines is 1. The number of carbonyl (C=O) groups excluding carboxylic acids is 1. The molecule has 0 bridgehead atoms. The van der Waals surface area contributed by atoms with Crippen molar-refractivity contribution in [3.8, 4) is 5.75 Å². The number of nitrogens with one attached hydrogen (secondary N) is 1. The van der Waals surface area contributed by atoms with Gasteiger partial charge in [0, 0.05) is 48.7 Å². The second-order valence-electron chi connectivity index (χ2n) is 9.95. The summed E-state index contributed by atoms with van der Waals surface area (Å²) in [5.41, 5.74) is 1.56. The highest BCUT2D eigenvalue weighted by molar-refractivity contribution is 7.92. The van der Waals surface area contributed by atoms with Crippen LogP contribution in [-0.2, 0) is 16.6 Å². The predicted molar refractivity (Wildman–Crippen MR) is 150 cm³/mol. The molecular weight excluding hydrogens is 540 g/mol. The lowest BCUT2D eigenvalue weighted by Crippen LogP contribution is -2.49. The number of benzene rings is 2. The fraction of sp³-hybridized carbons (Fsp3) is 0.357. The van der Waals surface area contributed by atoms with Gasteiger partial charge >= 0.3 is 0 Å². The molecule has 2 aromatic carbocycles. The molecule has 0 unspecified atom stereocenters.